The number of aryl methyl sites for hydroxylation is 1. The van der Waals surface area contributed by atoms with Gasteiger partial charge in [0.05, 0.1) is 11.3 Å². The molecule has 3 heterocycles. The third-order valence-electron chi connectivity index (χ3n) is 3.37. The Morgan fingerprint density at radius 1 is 1.44 bits per heavy atom. The first-order valence-corrected chi connectivity index (χ1v) is 7.16. The lowest BCUT2D eigenvalue weighted by Gasteiger charge is -2.16. The van der Waals surface area contributed by atoms with E-state index in [1.165, 1.54) is 29.4 Å². The van der Waals surface area contributed by atoms with Gasteiger partial charge in [0.15, 0.2) is 5.82 Å². The maximum absolute atomic E-state index is 12.6. The molecule has 1 aliphatic heterocycles. The van der Waals surface area contributed by atoms with Crippen LogP contribution in [0.3, 0.4) is 0 Å². The number of hydrogen-bond acceptors (Lipinski definition) is 9. The highest BCUT2D eigenvalue weighted by Crippen LogP contribution is 2.05. The van der Waals surface area contributed by atoms with E-state index in [0.717, 1.165) is 4.68 Å². The summed E-state index contributed by atoms with van der Waals surface area (Å²) in [6, 6.07) is 6.32. The van der Waals surface area contributed by atoms with Crippen LogP contribution in [0.5, 0.6) is 0 Å². The van der Waals surface area contributed by atoms with E-state index in [2.05, 4.69) is 31.3 Å². The second-order valence-electron chi connectivity index (χ2n) is 5.21. The maximum atomic E-state index is 12.6. The number of nitrogens with zero attached hydrogens (tertiary/aromatic N) is 7. The maximum Gasteiger partial charge on any atom is 0.285 e. The van der Waals surface area contributed by atoms with Crippen LogP contribution in [0.25, 0.3) is 5.82 Å². The summed E-state index contributed by atoms with van der Waals surface area (Å²) in [5.74, 6) is -0.404. The molecule has 1 aliphatic rings. The topological polar surface area (TPSA) is 141 Å². The van der Waals surface area contributed by atoms with Crippen molar-refractivity contribution in [2.24, 2.45) is 10.3 Å². The van der Waals surface area contributed by atoms with Crippen LogP contribution in [0, 0.1) is 18.3 Å². The number of nitrogens with one attached hydrogen (secondary N) is 2. The van der Waals surface area contributed by atoms with Gasteiger partial charge in [-0.25, -0.2) is 10.5 Å². The predicted octanol–water partition coefficient (Wildman–Crippen LogP) is -0.362. The van der Waals surface area contributed by atoms with Gasteiger partial charge < -0.3 is 5.32 Å². The number of nitriles is 1. The van der Waals surface area contributed by atoms with Crippen molar-refractivity contribution in [3.05, 3.63) is 51.6 Å². The van der Waals surface area contributed by atoms with E-state index in [1.54, 1.807) is 14.0 Å². The van der Waals surface area contributed by atoms with Crippen molar-refractivity contribution in [2.45, 2.75) is 13.2 Å². The summed E-state index contributed by atoms with van der Waals surface area (Å²) in [5, 5.41) is 24.3. The van der Waals surface area contributed by atoms with Crippen LogP contribution < -0.4 is 16.4 Å². The molecular weight excluding hydrogens is 326 g/mol. The first kappa shape index (κ1) is 16.2. The third-order valence-corrected chi connectivity index (χ3v) is 3.37. The summed E-state index contributed by atoms with van der Waals surface area (Å²) >= 11 is 0. The second-order valence-corrected chi connectivity index (χ2v) is 5.21. The van der Waals surface area contributed by atoms with Gasteiger partial charge in [-0.15, -0.1) is 5.11 Å². The lowest BCUT2D eigenvalue weighted by Crippen LogP contribution is -2.47. The van der Waals surface area contributed by atoms with Crippen molar-refractivity contribution in [1.29, 1.82) is 5.26 Å². The van der Waals surface area contributed by atoms with Crippen molar-refractivity contribution in [1.82, 2.24) is 30.6 Å². The number of rotatable bonds is 3. The number of aromatic nitrogens is 3. The molecule has 126 valence electrons. The molecule has 0 spiro atoms. The minimum Gasteiger partial charge on any atom is -0.315 e. The van der Waals surface area contributed by atoms with E-state index in [1.807, 2.05) is 6.07 Å². The molecule has 11 heteroatoms. The first-order valence-electron chi connectivity index (χ1n) is 7.16. The standard InChI is InChI=1S/C14H13N9O2/c1-8-5-10(12(24)17-14-18-20-21-22(14)2)13(25)23(19-8)11-4-3-9(6-15)7-16-11/h3-5,7,14H,1-2H3,(H,17,24)(H,18,21). The molecule has 0 aliphatic carbocycles. The van der Waals surface area contributed by atoms with E-state index in [0.29, 0.717) is 11.3 Å². The van der Waals surface area contributed by atoms with Gasteiger partial charge >= 0.3 is 0 Å². The van der Waals surface area contributed by atoms with Crippen molar-refractivity contribution in [3.63, 3.8) is 0 Å². The van der Waals surface area contributed by atoms with Crippen LogP contribution >= 0.6 is 0 Å². The van der Waals surface area contributed by atoms with Gasteiger partial charge in [0.25, 0.3) is 11.5 Å². The zero-order valence-electron chi connectivity index (χ0n) is 13.3. The van der Waals surface area contributed by atoms with Gasteiger partial charge in [-0.3, -0.25) is 9.59 Å². The molecule has 0 bridgehead atoms. The summed E-state index contributed by atoms with van der Waals surface area (Å²) in [7, 11) is 1.64. The van der Waals surface area contributed by atoms with Gasteiger partial charge in [0, 0.05) is 13.2 Å². The predicted molar refractivity (Wildman–Crippen MR) is 84.1 cm³/mol. The van der Waals surface area contributed by atoms with Gasteiger partial charge in [-0.05, 0) is 25.1 Å². The molecule has 25 heavy (non-hydrogen) atoms. The molecule has 1 unspecified atom stereocenters. The van der Waals surface area contributed by atoms with E-state index in [-0.39, 0.29) is 11.4 Å². The summed E-state index contributed by atoms with van der Waals surface area (Å²) < 4.78 is 1.02. The average Bonchev–Trinajstić information content (AvgIpc) is 3.01. The van der Waals surface area contributed by atoms with Crippen LogP contribution in [-0.2, 0) is 0 Å². The molecule has 1 atom stereocenters. The summed E-state index contributed by atoms with van der Waals surface area (Å²) in [6.45, 7) is 1.65. The smallest absolute Gasteiger partial charge is 0.285 e. The molecule has 2 aromatic rings. The van der Waals surface area contributed by atoms with Crippen LogP contribution in [-0.4, -0.2) is 39.0 Å². The molecule has 11 nitrogen and oxygen atoms in total. The van der Waals surface area contributed by atoms with E-state index in [4.69, 9.17) is 5.26 Å². The fraction of sp³-hybridized carbons (Fsp3) is 0.214. The Morgan fingerprint density at radius 3 is 2.84 bits per heavy atom. The van der Waals surface area contributed by atoms with Crippen LogP contribution in [0.2, 0.25) is 0 Å². The van der Waals surface area contributed by atoms with Gasteiger partial charge in [-0.2, -0.15) is 20.1 Å². The highest BCUT2D eigenvalue weighted by atomic mass is 16.2. The van der Waals surface area contributed by atoms with Crippen LogP contribution in [0.1, 0.15) is 21.6 Å². The van der Waals surface area contributed by atoms with Gasteiger partial charge in [0.1, 0.15) is 11.6 Å². The molecule has 0 fully saturated rings. The molecule has 0 saturated heterocycles. The largest absolute Gasteiger partial charge is 0.315 e. The Morgan fingerprint density at radius 2 is 2.24 bits per heavy atom. The minimum atomic E-state index is -0.721. The quantitative estimate of drug-likeness (QED) is 0.777. The number of pyridine rings is 1. The molecule has 0 radical (unpaired) electrons. The Kier molecular flexibility index (Phi) is 4.19. The van der Waals surface area contributed by atoms with Crippen LogP contribution in [0.4, 0.5) is 0 Å². The Hall–Kier alpha value is -3.65. The normalized spacial score (nSPS) is 16.3. The van der Waals surface area contributed by atoms with E-state index in [9.17, 15) is 9.59 Å². The molecule has 2 N–H and O–H groups in total. The van der Waals surface area contributed by atoms with Gasteiger partial charge in [-0.1, -0.05) is 5.22 Å². The highest BCUT2D eigenvalue weighted by molar-refractivity contribution is 5.94. The number of carbonyl (C=O) groups is 1. The first-order chi connectivity index (χ1) is 12.0. The zero-order chi connectivity index (χ0) is 18.0. The van der Waals surface area contributed by atoms with E-state index < -0.39 is 17.8 Å². The zero-order valence-corrected chi connectivity index (χ0v) is 13.3. The molecular formula is C14H13N9O2. The summed E-state index contributed by atoms with van der Waals surface area (Å²) in [5.41, 5.74) is 2.61. The SMILES string of the molecule is Cc1cc(C(=O)NC2N=NNN2C)c(=O)n(-c2ccc(C#N)cn2)n1. The second kappa shape index (κ2) is 6.46. The fourth-order valence-electron chi connectivity index (χ4n) is 2.12. The fourth-order valence-corrected chi connectivity index (χ4v) is 2.12. The van der Waals surface area contributed by atoms with Gasteiger partial charge in [0.2, 0.25) is 6.29 Å². The lowest BCUT2D eigenvalue weighted by molar-refractivity contribution is 0.0870. The Labute approximate surface area is 141 Å². The molecule has 3 rings (SSSR count). The number of amides is 1. The summed E-state index contributed by atoms with van der Waals surface area (Å²) in [6.07, 6.45) is 0.604. The number of hydrogen-bond donors (Lipinski definition) is 2. The van der Waals surface area contributed by atoms with Crippen molar-refractivity contribution in [2.75, 3.05) is 7.05 Å². The molecule has 0 aromatic carbocycles. The Bertz CT molecular complexity index is 942. The third kappa shape index (κ3) is 3.19. The van der Waals surface area contributed by atoms with Crippen molar-refractivity contribution >= 4 is 5.91 Å². The number of hydrazine groups is 1. The minimum absolute atomic E-state index is 0.103. The molecule has 0 saturated carbocycles. The Balaban J connectivity index is 1.97. The highest BCUT2D eigenvalue weighted by Gasteiger charge is 2.24. The summed E-state index contributed by atoms with van der Waals surface area (Å²) in [4.78, 5) is 29.1. The molecule has 2 aromatic heterocycles. The molecule has 1 amide bonds. The average molecular weight is 339 g/mol. The van der Waals surface area contributed by atoms with E-state index >= 15 is 0 Å². The van der Waals surface area contributed by atoms with Crippen molar-refractivity contribution in [3.8, 4) is 11.9 Å². The van der Waals surface area contributed by atoms with Crippen LogP contribution in [0.15, 0.2) is 39.5 Å². The monoisotopic (exact) mass is 339 g/mol. The lowest BCUT2D eigenvalue weighted by atomic mass is 10.2. The number of carbonyl (C=O) groups excluding carboxylic acids is 1. The van der Waals surface area contributed by atoms with Crippen molar-refractivity contribution < 1.29 is 4.79 Å².